The number of hydrogen-bond donors (Lipinski definition) is 0. The second kappa shape index (κ2) is 1.87. The predicted octanol–water partition coefficient (Wildman–Crippen LogP) is 2.18. The van der Waals surface area contributed by atoms with E-state index in [9.17, 15) is 0 Å². The van der Waals surface area contributed by atoms with Crippen molar-refractivity contribution in [2.45, 2.75) is 6.61 Å². The van der Waals surface area contributed by atoms with Crippen LogP contribution in [-0.4, -0.2) is 0 Å². The fourth-order valence-electron chi connectivity index (χ4n) is 0.909. The highest BCUT2D eigenvalue weighted by molar-refractivity contribution is 14.1. The van der Waals surface area contributed by atoms with Crippen molar-refractivity contribution in [1.82, 2.24) is 0 Å². The molecule has 0 aromatic heterocycles. The van der Waals surface area contributed by atoms with Gasteiger partial charge >= 0.3 is 0 Å². The lowest BCUT2D eigenvalue weighted by atomic mass is 10.2. The summed E-state index contributed by atoms with van der Waals surface area (Å²) in [7, 11) is 0. The van der Waals surface area contributed by atoms with E-state index in [1.807, 2.05) is 0 Å². The minimum atomic E-state index is 0.762. The first-order valence-corrected chi connectivity index (χ1v) is 3.85. The lowest BCUT2D eigenvalue weighted by molar-refractivity contribution is 0.326. The summed E-state index contributed by atoms with van der Waals surface area (Å²) in [6, 6.07) is 6.26. The van der Waals surface area contributed by atoms with Gasteiger partial charge in [-0.25, -0.2) is 0 Å². The molecule has 9 heavy (non-hydrogen) atoms. The van der Waals surface area contributed by atoms with Crippen LogP contribution in [0, 0.1) is 3.57 Å². The standard InChI is InChI=1S/C7H5IO/c8-6-2-1-5-3-7(6)9-4-5/h1-3H,4H2. The molecule has 1 heterocycles. The lowest BCUT2D eigenvalue weighted by Crippen LogP contribution is -1.82. The van der Waals surface area contributed by atoms with E-state index < -0.39 is 0 Å². The van der Waals surface area contributed by atoms with Crippen LogP contribution in [0.15, 0.2) is 18.2 Å². The molecule has 1 nitrogen and oxygen atoms in total. The minimum Gasteiger partial charge on any atom is -0.488 e. The normalized spacial score (nSPS) is 13.4. The molecule has 0 aliphatic carbocycles. The average Bonchev–Trinajstić information content (AvgIpc) is 2.25. The third-order valence-electron chi connectivity index (χ3n) is 1.39. The molecule has 46 valence electrons. The number of hydrogen-bond acceptors (Lipinski definition) is 1. The second-order valence-electron chi connectivity index (χ2n) is 2.05. The Morgan fingerprint density at radius 2 is 2.33 bits per heavy atom. The molecular formula is C7H5IO. The van der Waals surface area contributed by atoms with E-state index in [-0.39, 0.29) is 0 Å². The Labute approximate surface area is 67.2 Å². The van der Waals surface area contributed by atoms with E-state index >= 15 is 0 Å². The fourth-order valence-corrected chi connectivity index (χ4v) is 1.40. The van der Waals surface area contributed by atoms with E-state index in [0.717, 1.165) is 12.4 Å². The van der Waals surface area contributed by atoms with Crippen LogP contribution >= 0.6 is 22.6 Å². The summed E-state index contributed by atoms with van der Waals surface area (Å²) in [5, 5.41) is 0. The smallest absolute Gasteiger partial charge is 0.133 e. The first-order valence-electron chi connectivity index (χ1n) is 2.77. The molecule has 1 aliphatic heterocycles. The molecule has 0 spiro atoms. The molecule has 2 heteroatoms. The first-order chi connectivity index (χ1) is 4.36. The van der Waals surface area contributed by atoms with E-state index in [4.69, 9.17) is 4.74 Å². The van der Waals surface area contributed by atoms with Crippen LogP contribution in [0.2, 0.25) is 0 Å². The number of benzene rings is 1. The number of fused-ring (bicyclic) bond motifs is 2. The number of halogens is 1. The second-order valence-corrected chi connectivity index (χ2v) is 3.22. The molecule has 0 amide bonds. The topological polar surface area (TPSA) is 9.23 Å². The zero-order chi connectivity index (χ0) is 6.27. The Hall–Kier alpha value is -0.250. The van der Waals surface area contributed by atoms with Gasteiger partial charge in [0.25, 0.3) is 0 Å². The van der Waals surface area contributed by atoms with Crippen LogP contribution in [0.4, 0.5) is 0 Å². The molecule has 0 atom stereocenters. The molecule has 1 aliphatic rings. The third-order valence-corrected chi connectivity index (χ3v) is 2.28. The van der Waals surface area contributed by atoms with Crippen LogP contribution in [-0.2, 0) is 6.61 Å². The van der Waals surface area contributed by atoms with Gasteiger partial charge in [0.05, 0.1) is 3.57 Å². The molecule has 0 saturated carbocycles. The van der Waals surface area contributed by atoms with Crippen molar-refractivity contribution in [1.29, 1.82) is 0 Å². The van der Waals surface area contributed by atoms with Crippen molar-refractivity contribution in [3.63, 3.8) is 0 Å². The largest absolute Gasteiger partial charge is 0.488 e. The Bertz CT molecular complexity index is 245. The highest BCUT2D eigenvalue weighted by Crippen LogP contribution is 2.27. The van der Waals surface area contributed by atoms with Gasteiger partial charge < -0.3 is 4.74 Å². The van der Waals surface area contributed by atoms with Gasteiger partial charge in [-0.3, -0.25) is 0 Å². The van der Waals surface area contributed by atoms with Crippen molar-refractivity contribution in [3.05, 3.63) is 27.3 Å². The maximum Gasteiger partial charge on any atom is 0.133 e. The molecule has 0 fully saturated rings. The summed E-state index contributed by atoms with van der Waals surface area (Å²) in [5.74, 6) is 1.04. The van der Waals surface area contributed by atoms with Crippen molar-refractivity contribution in [2.24, 2.45) is 0 Å². The molecule has 2 bridgehead atoms. The van der Waals surface area contributed by atoms with E-state index in [1.54, 1.807) is 0 Å². The van der Waals surface area contributed by atoms with Gasteiger partial charge in [-0.1, -0.05) is 6.07 Å². The summed E-state index contributed by atoms with van der Waals surface area (Å²) in [6.45, 7) is 0.762. The van der Waals surface area contributed by atoms with Gasteiger partial charge in [0.2, 0.25) is 0 Å². The summed E-state index contributed by atoms with van der Waals surface area (Å²) >= 11 is 2.27. The van der Waals surface area contributed by atoms with Crippen molar-refractivity contribution >= 4 is 22.6 Å². The van der Waals surface area contributed by atoms with E-state index in [1.165, 1.54) is 9.13 Å². The van der Waals surface area contributed by atoms with E-state index in [0.29, 0.717) is 0 Å². The van der Waals surface area contributed by atoms with Crippen LogP contribution < -0.4 is 4.74 Å². The van der Waals surface area contributed by atoms with Crippen LogP contribution in [0.3, 0.4) is 0 Å². The van der Waals surface area contributed by atoms with Gasteiger partial charge in [0.1, 0.15) is 12.4 Å². The highest BCUT2D eigenvalue weighted by Gasteiger charge is 2.09. The quantitative estimate of drug-likeness (QED) is 0.623. The maximum atomic E-state index is 5.31. The average molecular weight is 232 g/mol. The van der Waals surface area contributed by atoms with Crippen LogP contribution in [0.25, 0.3) is 0 Å². The van der Waals surface area contributed by atoms with Gasteiger partial charge in [-0.05, 0) is 40.3 Å². The van der Waals surface area contributed by atoms with Gasteiger partial charge in [0.15, 0.2) is 0 Å². The first kappa shape index (κ1) is 5.53. The predicted molar refractivity (Wildman–Crippen MR) is 43.5 cm³/mol. The molecule has 0 N–H and O–H groups in total. The molecule has 0 saturated heterocycles. The summed E-state index contributed by atoms with van der Waals surface area (Å²) in [5.41, 5.74) is 1.28. The number of rotatable bonds is 0. The molecular weight excluding hydrogens is 227 g/mol. The van der Waals surface area contributed by atoms with Crippen molar-refractivity contribution < 1.29 is 4.74 Å². The van der Waals surface area contributed by atoms with Crippen molar-refractivity contribution in [2.75, 3.05) is 0 Å². The molecule has 0 unspecified atom stereocenters. The molecule has 0 radical (unpaired) electrons. The van der Waals surface area contributed by atoms with Crippen molar-refractivity contribution in [3.8, 4) is 5.75 Å². The van der Waals surface area contributed by atoms with E-state index in [2.05, 4.69) is 40.8 Å². The number of ether oxygens (including phenoxy) is 1. The lowest BCUT2D eigenvalue weighted by Gasteiger charge is -1.93. The molecule has 1 aromatic carbocycles. The van der Waals surface area contributed by atoms with Crippen LogP contribution in [0.1, 0.15) is 5.56 Å². The fraction of sp³-hybridized carbons (Fsp3) is 0.143. The summed E-state index contributed by atoms with van der Waals surface area (Å²) < 4.78 is 6.51. The highest BCUT2D eigenvalue weighted by atomic mass is 127. The maximum absolute atomic E-state index is 5.31. The Kier molecular flexibility index (Phi) is 1.15. The minimum absolute atomic E-state index is 0.762. The van der Waals surface area contributed by atoms with Gasteiger partial charge in [-0.15, -0.1) is 0 Å². The molecule has 1 aromatic rings. The SMILES string of the molecule is Ic1ccc2cc1OC2. The summed E-state index contributed by atoms with van der Waals surface area (Å²) in [4.78, 5) is 0. The molecule has 2 rings (SSSR count). The zero-order valence-corrected chi connectivity index (χ0v) is 6.88. The van der Waals surface area contributed by atoms with Crippen LogP contribution in [0.5, 0.6) is 5.75 Å². The Morgan fingerprint density at radius 3 is 3.11 bits per heavy atom. The Balaban J connectivity index is 2.65. The zero-order valence-electron chi connectivity index (χ0n) is 4.73. The van der Waals surface area contributed by atoms with Gasteiger partial charge in [0, 0.05) is 0 Å². The monoisotopic (exact) mass is 232 g/mol. The summed E-state index contributed by atoms with van der Waals surface area (Å²) in [6.07, 6.45) is 0. The third kappa shape index (κ3) is 0.813. The Morgan fingerprint density at radius 1 is 1.44 bits per heavy atom. The van der Waals surface area contributed by atoms with Gasteiger partial charge in [-0.2, -0.15) is 0 Å².